The highest BCUT2D eigenvalue weighted by molar-refractivity contribution is 6.42. The maximum atomic E-state index is 12.8. The summed E-state index contributed by atoms with van der Waals surface area (Å²) in [4.78, 5) is 71.7. The zero-order valence-corrected chi connectivity index (χ0v) is 36.8. The van der Waals surface area contributed by atoms with Crippen LogP contribution in [0.3, 0.4) is 0 Å². The summed E-state index contributed by atoms with van der Waals surface area (Å²) >= 11 is 0. The van der Waals surface area contributed by atoms with E-state index in [2.05, 4.69) is 53.5 Å². The van der Waals surface area contributed by atoms with E-state index in [-0.39, 0.29) is 29.9 Å². The number of Topliss-reactive ketones (excluding diaryl/α,β-unsaturated/α-hetero) is 1. The molecule has 0 radical (unpaired) electrons. The fourth-order valence-electron chi connectivity index (χ4n) is 7.17. The number of nitriles is 1. The number of aryl methyl sites for hydroxylation is 2. The molecule has 2 fully saturated rings. The Morgan fingerprint density at radius 1 is 0.615 bits per heavy atom. The second-order valence-electron chi connectivity index (χ2n) is 15.2. The van der Waals surface area contributed by atoms with Crippen LogP contribution in [0.2, 0.25) is 0 Å². The van der Waals surface area contributed by atoms with Crippen molar-refractivity contribution in [3.63, 3.8) is 0 Å². The number of tetrazole rings is 2. The lowest BCUT2D eigenvalue weighted by molar-refractivity contribution is -0.130. The van der Waals surface area contributed by atoms with Gasteiger partial charge in [0.2, 0.25) is 17.4 Å². The Kier molecular flexibility index (Phi) is 15.7. The number of piperazine rings is 2. The maximum Gasteiger partial charge on any atom is 0.337 e. The number of esters is 1. The molecule has 3 amide bonds. The zero-order chi connectivity index (χ0) is 46.5. The number of ketones is 1. The molecule has 0 bridgehead atoms. The van der Waals surface area contributed by atoms with Crippen LogP contribution in [0.4, 0.5) is 0 Å². The Balaban J connectivity index is 0.000000175. The van der Waals surface area contributed by atoms with Gasteiger partial charge in [-0.3, -0.25) is 24.1 Å². The first-order valence-corrected chi connectivity index (χ1v) is 20.8. The molecule has 2 aliphatic rings. The molecule has 0 saturated carbocycles. The third-order valence-corrected chi connectivity index (χ3v) is 10.7. The monoisotopic (exact) mass is 879 g/mol. The molecule has 0 N–H and O–H groups in total. The second kappa shape index (κ2) is 21.9. The van der Waals surface area contributed by atoms with E-state index in [0.29, 0.717) is 73.2 Å². The van der Waals surface area contributed by atoms with Crippen molar-refractivity contribution in [2.24, 2.45) is 14.1 Å². The molecular weight excluding hydrogens is 831 g/mol. The molecule has 2 saturated heterocycles. The molecule has 8 rings (SSSR count). The number of rotatable bonds is 8. The van der Waals surface area contributed by atoms with Crippen molar-refractivity contribution in [2.75, 3.05) is 52.9 Å². The fourth-order valence-corrected chi connectivity index (χ4v) is 7.17. The summed E-state index contributed by atoms with van der Waals surface area (Å²) in [5, 5.41) is 32.2. The summed E-state index contributed by atoms with van der Waals surface area (Å²) in [6.45, 7) is 7.57. The van der Waals surface area contributed by atoms with Crippen molar-refractivity contribution in [1.29, 1.82) is 5.26 Å². The van der Waals surface area contributed by atoms with Crippen molar-refractivity contribution < 1.29 is 28.7 Å². The van der Waals surface area contributed by atoms with Gasteiger partial charge in [0.25, 0.3) is 17.7 Å². The quantitative estimate of drug-likeness (QED) is 0.0926. The third kappa shape index (κ3) is 11.9. The Hall–Kier alpha value is -7.98. The number of methoxy groups -OCH3 is 1. The largest absolute Gasteiger partial charge is 0.465 e. The maximum absolute atomic E-state index is 12.8. The van der Waals surface area contributed by atoms with Gasteiger partial charge >= 0.3 is 5.97 Å². The van der Waals surface area contributed by atoms with E-state index < -0.39 is 11.7 Å². The van der Waals surface area contributed by atoms with E-state index >= 15 is 0 Å². The molecule has 0 spiro atoms. The zero-order valence-electron chi connectivity index (χ0n) is 36.8. The van der Waals surface area contributed by atoms with E-state index in [1.807, 2.05) is 60.4 Å². The summed E-state index contributed by atoms with van der Waals surface area (Å²) in [6.07, 6.45) is 0. The Labute approximate surface area is 375 Å². The van der Waals surface area contributed by atoms with Crippen LogP contribution in [0, 0.1) is 11.3 Å². The van der Waals surface area contributed by atoms with E-state index in [4.69, 9.17) is 5.26 Å². The van der Waals surface area contributed by atoms with Gasteiger partial charge in [-0.15, -0.1) is 20.4 Å². The second-order valence-corrected chi connectivity index (χ2v) is 15.2. The highest BCUT2D eigenvalue weighted by Crippen LogP contribution is 2.19. The lowest BCUT2D eigenvalue weighted by Crippen LogP contribution is -2.56. The SMILES string of the molecule is COC(=O)c1ccc(-c2nnn(C)n2)cc1.C[C@@H]1CN(C(=O)c2ccccc2)CCN1C(=O)C(=O)c1ccc(-c2nnn(C)n2)cc1.C[C@@H]1CN(C(=O)c2ccccc2)CCN1CC#N. The molecule has 2 atom stereocenters. The van der Waals surface area contributed by atoms with Crippen molar-refractivity contribution in [1.82, 2.24) is 60.0 Å². The topological polar surface area (TPSA) is 219 Å². The Morgan fingerprint density at radius 2 is 1.08 bits per heavy atom. The minimum Gasteiger partial charge on any atom is -0.465 e. The van der Waals surface area contributed by atoms with Crippen LogP contribution >= 0.6 is 0 Å². The molecule has 2 aliphatic heterocycles. The van der Waals surface area contributed by atoms with Gasteiger partial charge < -0.3 is 19.4 Å². The molecule has 0 aliphatic carbocycles. The van der Waals surface area contributed by atoms with Gasteiger partial charge in [0, 0.05) is 79.2 Å². The molecule has 65 heavy (non-hydrogen) atoms. The van der Waals surface area contributed by atoms with Crippen LogP contribution in [-0.2, 0) is 23.6 Å². The summed E-state index contributed by atoms with van der Waals surface area (Å²) in [5.41, 5.74) is 3.66. The smallest absolute Gasteiger partial charge is 0.337 e. The Morgan fingerprint density at radius 3 is 1.49 bits per heavy atom. The molecule has 0 unspecified atom stereocenters. The lowest BCUT2D eigenvalue weighted by atomic mass is 10.0. The molecule has 19 nitrogen and oxygen atoms in total. The summed E-state index contributed by atoms with van der Waals surface area (Å²) in [7, 11) is 4.71. The number of benzene rings is 4. The van der Waals surface area contributed by atoms with Gasteiger partial charge in [-0.05, 0) is 60.7 Å². The minimum atomic E-state index is -0.576. The van der Waals surface area contributed by atoms with Crippen LogP contribution in [0.25, 0.3) is 22.8 Å². The number of nitrogens with zero attached hydrogens (tertiary/aromatic N) is 13. The number of carbonyl (C=O) groups is 5. The van der Waals surface area contributed by atoms with Gasteiger partial charge in [0.1, 0.15) is 0 Å². The van der Waals surface area contributed by atoms with Crippen LogP contribution in [0.1, 0.15) is 55.3 Å². The van der Waals surface area contributed by atoms with Gasteiger partial charge in [-0.2, -0.15) is 14.9 Å². The van der Waals surface area contributed by atoms with Crippen LogP contribution in [0.5, 0.6) is 0 Å². The molecule has 6 aromatic rings. The molecule has 4 aromatic carbocycles. The number of carbonyl (C=O) groups excluding carboxylic acids is 5. The molecular formula is C46H49N13O6. The van der Waals surface area contributed by atoms with Gasteiger partial charge in [-0.1, -0.05) is 72.8 Å². The Bertz CT molecular complexity index is 2610. The average molecular weight is 880 g/mol. The number of hydrogen-bond donors (Lipinski definition) is 0. The van der Waals surface area contributed by atoms with Gasteiger partial charge in [-0.25, -0.2) is 4.79 Å². The number of amides is 3. The number of aromatic nitrogens is 8. The molecule has 19 heteroatoms. The predicted molar refractivity (Wildman–Crippen MR) is 237 cm³/mol. The van der Waals surface area contributed by atoms with Crippen molar-refractivity contribution in [3.8, 4) is 28.8 Å². The van der Waals surface area contributed by atoms with Crippen molar-refractivity contribution in [2.45, 2.75) is 25.9 Å². The summed E-state index contributed by atoms with van der Waals surface area (Å²) < 4.78 is 4.60. The molecule has 334 valence electrons. The van der Waals surface area contributed by atoms with E-state index in [1.54, 1.807) is 79.7 Å². The summed E-state index contributed by atoms with van der Waals surface area (Å²) in [6, 6.07) is 33.9. The van der Waals surface area contributed by atoms with Crippen LogP contribution < -0.4 is 0 Å². The summed E-state index contributed by atoms with van der Waals surface area (Å²) in [5.74, 6) is -0.519. The number of hydrogen-bond acceptors (Lipinski definition) is 14. The van der Waals surface area contributed by atoms with E-state index in [0.717, 1.165) is 17.7 Å². The first kappa shape index (κ1) is 46.5. The van der Waals surface area contributed by atoms with Crippen LogP contribution in [-0.4, -0.2) is 154 Å². The number of ether oxygens (including phenoxy) is 1. The first-order chi connectivity index (χ1) is 31.4. The first-order valence-electron chi connectivity index (χ1n) is 20.8. The minimum absolute atomic E-state index is 0.0703. The standard InChI is InChI=1S/C22H22N6O3.C14H17N3O.C10H10N4O2/c1-15-14-27(21(30)18-6-4-3-5-7-18)12-13-28(15)22(31)19(29)16-8-10-17(11-9-16)20-23-25-26(2)24-20;1-12-11-17(10-9-16(12)8-7-15)14(18)13-5-3-2-4-6-13;1-14-12-9(11-13-14)7-3-5-8(6-4-7)10(15)16-2/h3-11,15H,12-14H2,1-2H3;2-6,12H,8-11H2,1H3;3-6H,1-2H3/t15-;12-;/m11./s1. The third-order valence-electron chi connectivity index (χ3n) is 10.7. The lowest BCUT2D eigenvalue weighted by Gasteiger charge is -2.39. The highest BCUT2D eigenvalue weighted by atomic mass is 16.5. The van der Waals surface area contributed by atoms with E-state index in [9.17, 15) is 24.0 Å². The molecule has 2 aromatic heterocycles. The fraction of sp³-hybridized carbons (Fsp3) is 0.304. The van der Waals surface area contributed by atoms with Crippen molar-refractivity contribution >= 4 is 29.5 Å². The van der Waals surface area contributed by atoms with Crippen molar-refractivity contribution in [3.05, 3.63) is 131 Å². The normalized spacial score (nSPS) is 15.9. The predicted octanol–water partition coefficient (Wildman–Crippen LogP) is 3.45. The van der Waals surface area contributed by atoms with Crippen LogP contribution in [0.15, 0.2) is 109 Å². The molecule has 4 heterocycles. The van der Waals surface area contributed by atoms with E-state index in [1.165, 1.54) is 21.6 Å². The van der Waals surface area contributed by atoms with Gasteiger partial charge in [0.05, 0.1) is 39.4 Å². The highest BCUT2D eigenvalue weighted by Gasteiger charge is 2.33. The van der Waals surface area contributed by atoms with Gasteiger partial charge in [0.15, 0.2) is 0 Å². The average Bonchev–Trinajstić information content (AvgIpc) is 4.00.